The van der Waals surface area contributed by atoms with Gasteiger partial charge in [0.25, 0.3) is 0 Å². The van der Waals surface area contributed by atoms with Crippen LogP contribution in [0.3, 0.4) is 0 Å². The topological polar surface area (TPSA) is 40.5 Å². The Hall–Kier alpha value is -0.570. The molecule has 1 aliphatic heterocycles. The maximum absolute atomic E-state index is 11.8. The second-order valence-corrected chi connectivity index (χ2v) is 7.75. The second kappa shape index (κ2) is 5.01. The van der Waals surface area contributed by atoms with Gasteiger partial charge in [0.2, 0.25) is 0 Å². The lowest BCUT2D eigenvalue weighted by molar-refractivity contribution is -0.144. The molecule has 3 saturated carbocycles. The first-order valence-corrected chi connectivity index (χ1v) is 8.72. The molecule has 1 heterocycles. The van der Waals surface area contributed by atoms with Crippen LogP contribution in [0.15, 0.2) is 0 Å². The van der Waals surface area contributed by atoms with Crippen LogP contribution in [0.2, 0.25) is 0 Å². The van der Waals surface area contributed by atoms with Crippen molar-refractivity contribution in [3.63, 3.8) is 0 Å². The fraction of sp³-hybridized carbons (Fsp3) is 0.941. The third-order valence-corrected chi connectivity index (χ3v) is 6.62. The molecule has 0 radical (unpaired) electrons. The van der Waals surface area contributed by atoms with Gasteiger partial charge in [-0.05, 0) is 62.2 Å². The van der Waals surface area contributed by atoms with Gasteiger partial charge in [-0.25, -0.2) is 0 Å². The van der Waals surface area contributed by atoms with Gasteiger partial charge in [-0.3, -0.25) is 9.69 Å². The molecule has 0 aromatic rings. The summed E-state index contributed by atoms with van der Waals surface area (Å²) in [5.74, 6) is 2.48. The second-order valence-electron chi connectivity index (χ2n) is 7.75. The first kappa shape index (κ1) is 13.1. The SMILES string of the molecule is O=C(O)C1C2CCCC2CN1C1CCCC(C2CC2)C1. The molecule has 0 aromatic heterocycles. The van der Waals surface area contributed by atoms with Gasteiger partial charge in [0.1, 0.15) is 6.04 Å². The van der Waals surface area contributed by atoms with Crippen molar-refractivity contribution in [2.75, 3.05) is 6.54 Å². The Morgan fingerprint density at radius 3 is 2.40 bits per heavy atom. The molecule has 0 spiro atoms. The predicted octanol–water partition coefficient (Wildman–Crippen LogP) is 3.14. The van der Waals surface area contributed by atoms with Crippen molar-refractivity contribution in [3.8, 4) is 0 Å². The molecule has 3 heteroatoms. The minimum Gasteiger partial charge on any atom is -0.480 e. The lowest BCUT2D eigenvalue weighted by atomic mass is 9.81. The molecule has 3 aliphatic carbocycles. The Morgan fingerprint density at radius 2 is 1.65 bits per heavy atom. The minimum atomic E-state index is -0.548. The van der Waals surface area contributed by atoms with Crippen LogP contribution in [-0.2, 0) is 4.79 Å². The van der Waals surface area contributed by atoms with E-state index in [0.717, 1.165) is 24.8 Å². The van der Waals surface area contributed by atoms with Crippen molar-refractivity contribution in [2.45, 2.75) is 69.9 Å². The van der Waals surface area contributed by atoms with Crippen LogP contribution in [0.4, 0.5) is 0 Å². The van der Waals surface area contributed by atoms with Crippen LogP contribution in [0, 0.1) is 23.7 Å². The van der Waals surface area contributed by atoms with Crippen molar-refractivity contribution >= 4 is 5.97 Å². The third-order valence-electron chi connectivity index (χ3n) is 6.62. The van der Waals surface area contributed by atoms with Crippen LogP contribution in [0.25, 0.3) is 0 Å². The van der Waals surface area contributed by atoms with Gasteiger partial charge in [-0.1, -0.05) is 19.3 Å². The molecule has 4 rings (SSSR count). The highest BCUT2D eigenvalue weighted by molar-refractivity contribution is 5.74. The number of fused-ring (bicyclic) bond motifs is 1. The number of carboxylic acids is 1. The fourth-order valence-electron chi connectivity index (χ4n) is 5.54. The molecule has 1 N–H and O–H groups in total. The molecule has 0 aromatic carbocycles. The smallest absolute Gasteiger partial charge is 0.321 e. The van der Waals surface area contributed by atoms with E-state index in [1.807, 2.05) is 0 Å². The van der Waals surface area contributed by atoms with E-state index in [1.54, 1.807) is 0 Å². The van der Waals surface area contributed by atoms with Crippen LogP contribution in [0.5, 0.6) is 0 Å². The molecule has 3 nitrogen and oxygen atoms in total. The number of aliphatic carboxylic acids is 1. The highest BCUT2D eigenvalue weighted by Gasteiger charge is 2.50. The van der Waals surface area contributed by atoms with Gasteiger partial charge in [0.05, 0.1) is 0 Å². The Morgan fingerprint density at radius 1 is 0.900 bits per heavy atom. The number of carboxylic acid groups (broad SMARTS) is 1. The van der Waals surface area contributed by atoms with E-state index in [2.05, 4.69) is 4.90 Å². The van der Waals surface area contributed by atoms with E-state index in [0.29, 0.717) is 17.9 Å². The Labute approximate surface area is 121 Å². The van der Waals surface area contributed by atoms with E-state index in [-0.39, 0.29) is 6.04 Å². The largest absolute Gasteiger partial charge is 0.480 e. The van der Waals surface area contributed by atoms with Crippen LogP contribution in [0.1, 0.15) is 57.8 Å². The van der Waals surface area contributed by atoms with E-state index < -0.39 is 5.97 Å². The normalized spacial score (nSPS) is 45.5. The number of hydrogen-bond acceptors (Lipinski definition) is 2. The van der Waals surface area contributed by atoms with Gasteiger partial charge < -0.3 is 5.11 Å². The lowest BCUT2D eigenvalue weighted by Gasteiger charge is -2.38. The molecule has 1 saturated heterocycles. The average molecular weight is 277 g/mol. The molecule has 0 amide bonds. The summed E-state index contributed by atoms with van der Waals surface area (Å²) in [5, 5.41) is 9.71. The van der Waals surface area contributed by atoms with Gasteiger partial charge in [-0.2, -0.15) is 0 Å². The summed E-state index contributed by atoms with van der Waals surface area (Å²) in [4.78, 5) is 14.2. The van der Waals surface area contributed by atoms with Crippen LogP contribution < -0.4 is 0 Å². The zero-order valence-electron chi connectivity index (χ0n) is 12.3. The van der Waals surface area contributed by atoms with Gasteiger partial charge >= 0.3 is 5.97 Å². The zero-order chi connectivity index (χ0) is 13.7. The maximum Gasteiger partial charge on any atom is 0.321 e. The van der Waals surface area contributed by atoms with Crippen molar-refractivity contribution in [2.24, 2.45) is 23.7 Å². The molecule has 4 fully saturated rings. The predicted molar refractivity (Wildman–Crippen MR) is 77.4 cm³/mol. The van der Waals surface area contributed by atoms with Crippen molar-refractivity contribution in [3.05, 3.63) is 0 Å². The van der Waals surface area contributed by atoms with E-state index >= 15 is 0 Å². The fourth-order valence-corrected chi connectivity index (χ4v) is 5.54. The molecule has 112 valence electrons. The van der Waals surface area contributed by atoms with Gasteiger partial charge in [0.15, 0.2) is 0 Å². The molecule has 5 atom stereocenters. The maximum atomic E-state index is 11.8. The van der Waals surface area contributed by atoms with Crippen LogP contribution >= 0.6 is 0 Å². The standard InChI is InChI=1S/C17H27NO2/c19-17(20)16-15-6-2-4-13(15)10-18(16)14-5-1-3-12(9-14)11-7-8-11/h11-16H,1-10H2,(H,19,20). The van der Waals surface area contributed by atoms with Crippen molar-refractivity contribution < 1.29 is 9.90 Å². The zero-order valence-corrected chi connectivity index (χ0v) is 12.3. The third kappa shape index (κ3) is 2.18. The molecule has 4 aliphatic rings. The molecular weight excluding hydrogens is 250 g/mol. The van der Waals surface area contributed by atoms with Crippen LogP contribution in [-0.4, -0.2) is 34.6 Å². The van der Waals surface area contributed by atoms with Crippen molar-refractivity contribution in [1.29, 1.82) is 0 Å². The number of nitrogens with zero attached hydrogens (tertiary/aromatic N) is 1. The number of hydrogen-bond donors (Lipinski definition) is 1. The molecule has 0 bridgehead atoms. The number of likely N-dealkylation sites (tertiary alicyclic amines) is 1. The van der Waals surface area contributed by atoms with Crippen molar-refractivity contribution in [1.82, 2.24) is 4.90 Å². The summed E-state index contributed by atoms with van der Waals surface area (Å²) >= 11 is 0. The number of carbonyl (C=O) groups is 1. The number of rotatable bonds is 3. The quantitative estimate of drug-likeness (QED) is 0.861. The highest BCUT2D eigenvalue weighted by Crippen LogP contribution is 2.48. The molecular formula is C17H27NO2. The molecule has 5 unspecified atom stereocenters. The summed E-state index contributed by atoms with van der Waals surface area (Å²) in [7, 11) is 0. The van der Waals surface area contributed by atoms with Gasteiger partial charge in [-0.15, -0.1) is 0 Å². The summed E-state index contributed by atoms with van der Waals surface area (Å²) in [6, 6.07) is 0.409. The summed E-state index contributed by atoms with van der Waals surface area (Å²) in [6.45, 7) is 1.07. The van der Waals surface area contributed by atoms with E-state index in [4.69, 9.17) is 0 Å². The lowest BCUT2D eigenvalue weighted by Crippen LogP contribution is -2.47. The summed E-state index contributed by atoms with van der Waals surface area (Å²) in [5.41, 5.74) is 0. The first-order chi connectivity index (χ1) is 9.74. The summed E-state index contributed by atoms with van der Waals surface area (Å²) in [6.07, 6.45) is 11.8. The van der Waals surface area contributed by atoms with Gasteiger partial charge in [0, 0.05) is 12.6 Å². The Kier molecular flexibility index (Phi) is 3.29. The Bertz CT molecular complexity index is 392. The summed E-state index contributed by atoms with van der Waals surface area (Å²) < 4.78 is 0. The average Bonchev–Trinajstić information content (AvgIpc) is 3.08. The Balaban J connectivity index is 1.49. The minimum absolute atomic E-state index is 0.162. The van der Waals surface area contributed by atoms with E-state index in [9.17, 15) is 9.90 Å². The first-order valence-electron chi connectivity index (χ1n) is 8.72. The molecule has 20 heavy (non-hydrogen) atoms. The van der Waals surface area contributed by atoms with E-state index in [1.165, 1.54) is 51.4 Å². The highest BCUT2D eigenvalue weighted by atomic mass is 16.4. The monoisotopic (exact) mass is 277 g/mol.